The molecular formula is C14H20O10. The van der Waals surface area contributed by atoms with E-state index in [4.69, 9.17) is 23.7 Å². The lowest BCUT2D eigenvalue weighted by Gasteiger charge is -2.43. The van der Waals surface area contributed by atoms with E-state index in [0.29, 0.717) is 0 Å². The molecule has 1 heterocycles. The zero-order chi connectivity index (χ0) is 18.4. The molecule has 0 aromatic heterocycles. The van der Waals surface area contributed by atoms with E-state index >= 15 is 0 Å². The van der Waals surface area contributed by atoms with Crippen molar-refractivity contribution >= 4 is 23.9 Å². The summed E-state index contributed by atoms with van der Waals surface area (Å²) in [5, 5.41) is 9.44. The molecule has 0 radical (unpaired) electrons. The number of hydrogen-bond donors (Lipinski definition) is 1. The second-order valence-electron chi connectivity index (χ2n) is 5.06. The lowest BCUT2D eigenvalue weighted by atomic mass is 9.98. The number of carbonyl (C=O) groups excluding carboxylic acids is 4. The Bertz CT molecular complexity index is 502. The van der Waals surface area contributed by atoms with Gasteiger partial charge in [0.1, 0.15) is 6.10 Å². The number of aliphatic hydroxyl groups is 1. The van der Waals surface area contributed by atoms with E-state index in [1.807, 2.05) is 0 Å². The lowest BCUT2D eigenvalue weighted by molar-refractivity contribution is -0.299. The van der Waals surface area contributed by atoms with Gasteiger partial charge in [-0.25, -0.2) is 0 Å². The van der Waals surface area contributed by atoms with E-state index in [1.54, 1.807) is 0 Å². The summed E-state index contributed by atoms with van der Waals surface area (Å²) in [6.07, 6.45) is -6.56. The number of ether oxygens (including phenoxy) is 5. The zero-order valence-electron chi connectivity index (χ0n) is 13.7. The highest BCUT2D eigenvalue weighted by atomic mass is 16.7. The molecule has 0 bridgehead atoms. The van der Waals surface area contributed by atoms with E-state index in [9.17, 15) is 24.3 Å². The van der Waals surface area contributed by atoms with Gasteiger partial charge in [-0.1, -0.05) is 0 Å². The summed E-state index contributed by atoms with van der Waals surface area (Å²) in [5.41, 5.74) is 0. The molecule has 5 atom stereocenters. The van der Waals surface area contributed by atoms with Crippen LogP contribution in [-0.4, -0.2) is 66.3 Å². The minimum atomic E-state index is -1.44. The summed E-state index contributed by atoms with van der Waals surface area (Å²) >= 11 is 0. The minimum Gasteiger partial charge on any atom is -0.456 e. The number of rotatable bonds is 5. The van der Waals surface area contributed by atoms with E-state index in [0.717, 1.165) is 27.7 Å². The fraction of sp³-hybridized carbons (Fsp3) is 0.714. The quantitative estimate of drug-likeness (QED) is 0.490. The van der Waals surface area contributed by atoms with Gasteiger partial charge in [0.2, 0.25) is 12.4 Å². The van der Waals surface area contributed by atoms with Crippen molar-refractivity contribution in [2.45, 2.75) is 58.4 Å². The maximum Gasteiger partial charge on any atom is 0.305 e. The topological polar surface area (TPSA) is 135 Å². The molecule has 0 unspecified atom stereocenters. The van der Waals surface area contributed by atoms with Crippen LogP contribution < -0.4 is 0 Å². The first-order valence-electron chi connectivity index (χ1n) is 7.11. The van der Waals surface area contributed by atoms with E-state index in [-0.39, 0.29) is 0 Å². The van der Waals surface area contributed by atoms with Crippen molar-refractivity contribution in [3.05, 3.63) is 0 Å². The smallest absolute Gasteiger partial charge is 0.305 e. The summed E-state index contributed by atoms with van der Waals surface area (Å²) in [4.78, 5) is 45.3. The van der Waals surface area contributed by atoms with Crippen LogP contribution in [0.5, 0.6) is 0 Å². The maximum absolute atomic E-state index is 11.4. The summed E-state index contributed by atoms with van der Waals surface area (Å²) in [7, 11) is 0. The van der Waals surface area contributed by atoms with Crippen molar-refractivity contribution in [1.29, 1.82) is 0 Å². The van der Waals surface area contributed by atoms with E-state index < -0.39 is 61.2 Å². The molecule has 1 saturated heterocycles. The van der Waals surface area contributed by atoms with Crippen LogP contribution >= 0.6 is 0 Å². The molecule has 1 aliphatic heterocycles. The molecule has 1 rings (SSSR count). The van der Waals surface area contributed by atoms with Gasteiger partial charge in [-0.3, -0.25) is 19.2 Å². The highest BCUT2D eigenvalue weighted by Crippen LogP contribution is 2.29. The Kier molecular flexibility index (Phi) is 7.11. The molecule has 24 heavy (non-hydrogen) atoms. The standard InChI is InChI=1S/C14H20O10/c1-6(16)20-11-10(5-15)24-14(23-9(4)19)13(22-8(3)18)12(11)21-7(2)17/h10-15H,5H2,1-4H3/t10-,11-,12+,13+,14-/m1/s1. The SMILES string of the molecule is CC(=O)O[C@@H]1O[C@H](CO)[C@@H](OC(C)=O)[C@H](OC(C)=O)[C@@H]1OC(C)=O. The van der Waals surface area contributed by atoms with Crippen LogP contribution in [-0.2, 0) is 42.9 Å². The van der Waals surface area contributed by atoms with Gasteiger partial charge in [-0.2, -0.15) is 0 Å². The second-order valence-corrected chi connectivity index (χ2v) is 5.06. The number of esters is 4. The normalized spacial score (nSPS) is 29.3. The monoisotopic (exact) mass is 348 g/mol. The fourth-order valence-corrected chi connectivity index (χ4v) is 2.26. The van der Waals surface area contributed by atoms with Gasteiger partial charge in [-0.05, 0) is 0 Å². The van der Waals surface area contributed by atoms with Crippen molar-refractivity contribution in [2.24, 2.45) is 0 Å². The zero-order valence-corrected chi connectivity index (χ0v) is 13.7. The Morgan fingerprint density at radius 2 is 1.17 bits per heavy atom. The Balaban J connectivity index is 3.23. The minimum absolute atomic E-state index is 0.625. The number of hydrogen-bond acceptors (Lipinski definition) is 10. The molecule has 0 saturated carbocycles. The van der Waals surface area contributed by atoms with Crippen LogP contribution in [0.25, 0.3) is 0 Å². The Morgan fingerprint density at radius 3 is 1.58 bits per heavy atom. The molecule has 0 aromatic carbocycles. The van der Waals surface area contributed by atoms with Crippen molar-refractivity contribution < 1.29 is 48.0 Å². The predicted octanol–water partition coefficient (Wildman–Crippen LogP) is -0.938. The van der Waals surface area contributed by atoms with Gasteiger partial charge in [-0.15, -0.1) is 0 Å². The van der Waals surface area contributed by atoms with Crippen LogP contribution in [0.2, 0.25) is 0 Å². The third-order valence-corrected chi connectivity index (χ3v) is 2.96. The second kappa shape index (κ2) is 8.60. The molecule has 0 amide bonds. The predicted molar refractivity (Wildman–Crippen MR) is 74.2 cm³/mol. The summed E-state index contributed by atoms with van der Waals surface area (Å²) in [6.45, 7) is 3.77. The van der Waals surface area contributed by atoms with Gasteiger partial charge in [0.05, 0.1) is 6.61 Å². The van der Waals surface area contributed by atoms with Crippen molar-refractivity contribution in [2.75, 3.05) is 6.61 Å². The summed E-state index contributed by atoms with van der Waals surface area (Å²) in [5.74, 6) is -3.00. The summed E-state index contributed by atoms with van der Waals surface area (Å²) in [6, 6.07) is 0. The molecule has 0 aliphatic carbocycles. The highest BCUT2D eigenvalue weighted by Gasteiger charge is 2.53. The molecular weight excluding hydrogens is 328 g/mol. The Morgan fingerprint density at radius 1 is 0.750 bits per heavy atom. The third kappa shape index (κ3) is 5.46. The number of carbonyl (C=O) groups is 4. The Hall–Kier alpha value is -2.20. The van der Waals surface area contributed by atoms with Crippen LogP contribution in [0.1, 0.15) is 27.7 Å². The number of aliphatic hydroxyl groups excluding tert-OH is 1. The first-order valence-corrected chi connectivity index (χ1v) is 7.11. The van der Waals surface area contributed by atoms with Gasteiger partial charge in [0.15, 0.2) is 12.2 Å². The van der Waals surface area contributed by atoms with Crippen molar-refractivity contribution in [3.8, 4) is 0 Å². The van der Waals surface area contributed by atoms with Crippen LogP contribution in [0.3, 0.4) is 0 Å². The van der Waals surface area contributed by atoms with E-state index in [2.05, 4.69) is 0 Å². The molecule has 10 nitrogen and oxygen atoms in total. The summed E-state index contributed by atoms with van der Waals surface area (Å²) < 4.78 is 25.4. The van der Waals surface area contributed by atoms with Crippen molar-refractivity contribution in [1.82, 2.24) is 0 Å². The van der Waals surface area contributed by atoms with Gasteiger partial charge >= 0.3 is 23.9 Å². The fourth-order valence-electron chi connectivity index (χ4n) is 2.26. The first kappa shape index (κ1) is 19.8. The van der Waals surface area contributed by atoms with Crippen LogP contribution in [0.4, 0.5) is 0 Å². The average molecular weight is 348 g/mol. The molecule has 0 spiro atoms. The molecule has 1 N–H and O–H groups in total. The Labute approximate surface area is 137 Å². The molecule has 10 heteroatoms. The highest BCUT2D eigenvalue weighted by molar-refractivity contribution is 5.69. The first-order chi connectivity index (χ1) is 11.1. The lowest BCUT2D eigenvalue weighted by Crippen LogP contribution is -2.62. The van der Waals surface area contributed by atoms with Crippen LogP contribution in [0, 0.1) is 0 Å². The van der Waals surface area contributed by atoms with Gasteiger partial charge < -0.3 is 28.8 Å². The molecule has 0 aromatic rings. The molecule has 1 aliphatic rings. The van der Waals surface area contributed by atoms with Crippen LogP contribution in [0.15, 0.2) is 0 Å². The molecule has 136 valence electrons. The largest absolute Gasteiger partial charge is 0.456 e. The van der Waals surface area contributed by atoms with Gasteiger partial charge in [0.25, 0.3) is 0 Å². The van der Waals surface area contributed by atoms with Crippen molar-refractivity contribution in [3.63, 3.8) is 0 Å². The van der Waals surface area contributed by atoms with Gasteiger partial charge in [0, 0.05) is 27.7 Å². The average Bonchev–Trinajstić information content (AvgIpc) is 2.42. The third-order valence-electron chi connectivity index (χ3n) is 2.96. The van der Waals surface area contributed by atoms with E-state index in [1.165, 1.54) is 0 Å². The maximum atomic E-state index is 11.4. The molecule has 1 fully saturated rings.